The maximum atomic E-state index is 12.5. The highest BCUT2D eigenvalue weighted by molar-refractivity contribution is 5.42. The number of hydrogen-bond donors (Lipinski definition) is 1. The number of alkyl halides is 3. The highest BCUT2D eigenvalue weighted by Crippen LogP contribution is 2.33. The zero-order valence-electron chi connectivity index (χ0n) is 9.95. The monoisotopic (exact) mass is 259 g/mol. The summed E-state index contributed by atoms with van der Waals surface area (Å²) in [5, 5.41) is 0. The van der Waals surface area contributed by atoms with Gasteiger partial charge in [0.2, 0.25) is 0 Å². The van der Waals surface area contributed by atoms with E-state index < -0.39 is 12.7 Å². The Hall–Kier alpha value is -1.30. The summed E-state index contributed by atoms with van der Waals surface area (Å²) in [7, 11) is 0. The number of anilines is 1. The van der Waals surface area contributed by atoms with Crippen molar-refractivity contribution in [2.75, 3.05) is 18.0 Å². The topological polar surface area (TPSA) is 42.1 Å². The van der Waals surface area contributed by atoms with Crippen LogP contribution < -0.4 is 10.6 Å². The molecule has 6 heteroatoms. The van der Waals surface area contributed by atoms with Gasteiger partial charge in [-0.3, -0.25) is 0 Å². The second-order valence-corrected chi connectivity index (χ2v) is 4.54. The summed E-state index contributed by atoms with van der Waals surface area (Å²) in [4.78, 5) is 5.45. The Bertz CT molecular complexity index is 385. The highest BCUT2D eigenvalue weighted by atomic mass is 19.4. The van der Waals surface area contributed by atoms with Crippen LogP contribution in [0.3, 0.4) is 0 Å². The van der Waals surface area contributed by atoms with Gasteiger partial charge in [0.15, 0.2) is 0 Å². The lowest BCUT2D eigenvalue weighted by molar-refractivity contribution is -0.120. The Morgan fingerprint density at radius 3 is 2.50 bits per heavy atom. The molecule has 0 aromatic carbocycles. The number of pyridine rings is 1. The Kier molecular flexibility index (Phi) is 3.75. The summed E-state index contributed by atoms with van der Waals surface area (Å²) < 4.78 is 37.5. The van der Waals surface area contributed by atoms with Crippen molar-refractivity contribution in [3.63, 3.8) is 0 Å². The van der Waals surface area contributed by atoms with E-state index in [0.29, 0.717) is 18.8 Å². The standard InChI is InChI=1S/C12H16F3N3/c13-12(14,15)8-18(10-2-3-10)11-4-1-9(5-6-16)7-17-11/h1,4,7,10H,2-3,5-6,8,16H2. The van der Waals surface area contributed by atoms with Crippen molar-refractivity contribution in [3.05, 3.63) is 23.9 Å². The quantitative estimate of drug-likeness (QED) is 0.880. The van der Waals surface area contributed by atoms with Crippen LogP contribution in [-0.4, -0.2) is 30.3 Å². The lowest BCUT2D eigenvalue weighted by atomic mass is 10.2. The minimum atomic E-state index is -4.19. The maximum absolute atomic E-state index is 12.5. The molecule has 0 unspecified atom stereocenters. The molecular formula is C12H16F3N3. The fourth-order valence-electron chi connectivity index (χ4n) is 1.88. The molecule has 1 aromatic rings. The number of nitrogens with zero attached hydrogens (tertiary/aromatic N) is 2. The molecule has 0 amide bonds. The van der Waals surface area contributed by atoms with Gasteiger partial charge >= 0.3 is 6.18 Å². The van der Waals surface area contributed by atoms with Crippen molar-refractivity contribution in [1.29, 1.82) is 0 Å². The molecule has 0 aliphatic heterocycles. The fraction of sp³-hybridized carbons (Fsp3) is 0.583. The van der Waals surface area contributed by atoms with E-state index in [0.717, 1.165) is 18.4 Å². The van der Waals surface area contributed by atoms with E-state index in [2.05, 4.69) is 4.98 Å². The summed E-state index contributed by atoms with van der Waals surface area (Å²) in [6, 6.07) is 3.43. The van der Waals surface area contributed by atoms with Crippen LogP contribution in [0.2, 0.25) is 0 Å². The van der Waals surface area contributed by atoms with E-state index >= 15 is 0 Å². The predicted octanol–water partition coefficient (Wildman–Crippen LogP) is 2.11. The van der Waals surface area contributed by atoms with E-state index in [1.807, 2.05) is 0 Å². The van der Waals surface area contributed by atoms with Crippen molar-refractivity contribution in [2.45, 2.75) is 31.5 Å². The Morgan fingerprint density at radius 2 is 2.06 bits per heavy atom. The molecule has 0 atom stereocenters. The van der Waals surface area contributed by atoms with Gasteiger partial charge in [-0.05, 0) is 37.4 Å². The van der Waals surface area contributed by atoms with Gasteiger partial charge < -0.3 is 10.6 Å². The van der Waals surface area contributed by atoms with Crippen LogP contribution in [0.15, 0.2) is 18.3 Å². The van der Waals surface area contributed by atoms with Gasteiger partial charge in [-0.1, -0.05) is 6.07 Å². The summed E-state index contributed by atoms with van der Waals surface area (Å²) >= 11 is 0. The van der Waals surface area contributed by atoms with Gasteiger partial charge in [0.1, 0.15) is 12.4 Å². The molecule has 2 rings (SSSR count). The molecule has 1 fully saturated rings. The number of hydrogen-bond acceptors (Lipinski definition) is 3. The third-order valence-electron chi connectivity index (χ3n) is 2.87. The highest BCUT2D eigenvalue weighted by Gasteiger charge is 2.38. The van der Waals surface area contributed by atoms with Crippen molar-refractivity contribution in [2.24, 2.45) is 5.73 Å². The van der Waals surface area contributed by atoms with Crippen LogP contribution in [-0.2, 0) is 6.42 Å². The van der Waals surface area contributed by atoms with Gasteiger partial charge in [0.25, 0.3) is 0 Å². The Morgan fingerprint density at radius 1 is 1.33 bits per heavy atom. The van der Waals surface area contributed by atoms with Crippen LogP contribution in [0.5, 0.6) is 0 Å². The van der Waals surface area contributed by atoms with Gasteiger partial charge in [-0.15, -0.1) is 0 Å². The van der Waals surface area contributed by atoms with Crippen LogP contribution in [0.1, 0.15) is 18.4 Å². The van der Waals surface area contributed by atoms with E-state index in [-0.39, 0.29) is 6.04 Å². The van der Waals surface area contributed by atoms with Crippen molar-refractivity contribution in [1.82, 2.24) is 4.98 Å². The molecule has 1 aliphatic carbocycles. The molecule has 0 radical (unpaired) electrons. The average molecular weight is 259 g/mol. The van der Waals surface area contributed by atoms with Crippen LogP contribution in [0, 0.1) is 0 Å². The van der Waals surface area contributed by atoms with Crippen LogP contribution in [0.4, 0.5) is 19.0 Å². The molecular weight excluding hydrogens is 243 g/mol. The Labute approximate surface area is 104 Å². The van der Waals surface area contributed by atoms with E-state index in [9.17, 15) is 13.2 Å². The second kappa shape index (κ2) is 5.14. The van der Waals surface area contributed by atoms with Crippen LogP contribution in [0.25, 0.3) is 0 Å². The molecule has 0 saturated heterocycles. The molecule has 1 aromatic heterocycles. The summed E-state index contributed by atoms with van der Waals surface area (Å²) in [6.45, 7) is -0.420. The number of rotatable bonds is 5. The second-order valence-electron chi connectivity index (χ2n) is 4.54. The fourth-order valence-corrected chi connectivity index (χ4v) is 1.88. The first-order valence-corrected chi connectivity index (χ1v) is 5.98. The van der Waals surface area contributed by atoms with E-state index in [4.69, 9.17) is 5.73 Å². The first kappa shape index (κ1) is 13.1. The number of aromatic nitrogens is 1. The molecule has 0 spiro atoms. The first-order chi connectivity index (χ1) is 8.49. The van der Waals surface area contributed by atoms with Gasteiger partial charge in [-0.25, -0.2) is 4.98 Å². The largest absolute Gasteiger partial charge is 0.405 e. The lowest BCUT2D eigenvalue weighted by Gasteiger charge is -2.24. The number of halogens is 3. The summed E-state index contributed by atoms with van der Waals surface area (Å²) in [6.07, 6.45) is -0.283. The number of nitrogens with two attached hydrogens (primary N) is 1. The summed E-state index contributed by atoms with van der Waals surface area (Å²) in [5.74, 6) is 0.399. The van der Waals surface area contributed by atoms with Gasteiger partial charge in [0.05, 0.1) is 0 Å². The zero-order chi connectivity index (χ0) is 13.2. The molecule has 100 valence electrons. The predicted molar refractivity (Wildman–Crippen MR) is 63.4 cm³/mol. The molecule has 3 nitrogen and oxygen atoms in total. The smallest absolute Gasteiger partial charge is 0.345 e. The Balaban J connectivity index is 2.10. The third-order valence-corrected chi connectivity index (χ3v) is 2.87. The third kappa shape index (κ3) is 3.60. The maximum Gasteiger partial charge on any atom is 0.405 e. The zero-order valence-corrected chi connectivity index (χ0v) is 9.95. The SMILES string of the molecule is NCCc1ccc(N(CC(F)(F)F)C2CC2)nc1. The molecule has 1 heterocycles. The first-order valence-electron chi connectivity index (χ1n) is 5.98. The van der Waals surface area contributed by atoms with E-state index in [1.165, 1.54) is 4.90 Å². The lowest BCUT2D eigenvalue weighted by Crippen LogP contribution is -2.36. The van der Waals surface area contributed by atoms with Crippen LogP contribution >= 0.6 is 0 Å². The molecule has 1 saturated carbocycles. The van der Waals surface area contributed by atoms with E-state index in [1.54, 1.807) is 18.3 Å². The normalized spacial score (nSPS) is 15.8. The molecule has 1 aliphatic rings. The van der Waals surface area contributed by atoms with Gasteiger partial charge in [0, 0.05) is 12.2 Å². The van der Waals surface area contributed by atoms with Crippen molar-refractivity contribution < 1.29 is 13.2 Å². The van der Waals surface area contributed by atoms with Crippen molar-refractivity contribution >= 4 is 5.82 Å². The van der Waals surface area contributed by atoms with Crippen molar-refractivity contribution in [3.8, 4) is 0 Å². The van der Waals surface area contributed by atoms with Gasteiger partial charge in [-0.2, -0.15) is 13.2 Å². The average Bonchev–Trinajstić information content (AvgIpc) is 3.10. The molecule has 0 bridgehead atoms. The molecule has 18 heavy (non-hydrogen) atoms. The molecule has 2 N–H and O–H groups in total. The minimum Gasteiger partial charge on any atom is -0.345 e. The minimum absolute atomic E-state index is 0.0144. The summed E-state index contributed by atoms with van der Waals surface area (Å²) in [5.41, 5.74) is 6.36.